The Morgan fingerprint density at radius 1 is 1.38 bits per heavy atom. The average molecular weight is 224 g/mol. The number of ether oxygens (including phenoxy) is 1. The van der Waals surface area contributed by atoms with Crippen molar-refractivity contribution >= 4 is 5.97 Å². The first-order chi connectivity index (χ1) is 7.29. The quantitative estimate of drug-likeness (QED) is 0.684. The molecule has 0 aromatic rings. The van der Waals surface area contributed by atoms with Crippen LogP contribution in [0, 0.1) is 23.2 Å². The minimum absolute atomic E-state index is 0.0745. The number of esters is 1. The van der Waals surface area contributed by atoms with Gasteiger partial charge in [-0.3, -0.25) is 4.79 Å². The van der Waals surface area contributed by atoms with Gasteiger partial charge in [0.15, 0.2) is 0 Å². The van der Waals surface area contributed by atoms with Crippen LogP contribution in [0.4, 0.5) is 0 Å². The normalized spacial score (nSPS) is 33.6. The number of carbonyl (C=O) groups excluding carboxylic acids is 1. The summed E-state index contributed by atoms with van der Waals surface area (Å²) in [6, 6.07) is 0. The molecule has 0 bridgehead atoms. The molecule has 92 valence electrons. The molecule has 2 atom stereocenters. The molecule has 2 saturated carbocycles. The van der Waals surface area contributed by atoms with Crippen molar-refractivity contribution in [3.8, 4) is 0 Å². The Morgan fingerprint density at radius 2 is 1.94 bits per heavy atom. The van der Waals surface area contributed by atoms with Crippen LogP contribution < -0.4 is 0 Å². The van der Waals surface area contributed by atoms with Gasteiger partial charge in [0, 0.05) is 12.8 Å². The summed E-state index contributed by atoms with van der Waals surface area (Å²) < 4.78 is 5.58. The molecule has 16 heavy (non-hydrogen) atoms. The predicted octanol–water partition coefficient (Wildman–Crippen LogP) is 3.40. The summed E-state index contributed by atoms with van der Waals surface area (Å²) in [5, 5.41) is 0. The number of rotatable bonds is 4. The lowest BCUT2D eigenvalue weighted by Gasteiger charge is -2.17. The Balaban J connectivity index is 2.03. The lowest BCUT2D eigenvalue weighted by Crippen LogP contribution is -2.23. The Kier molecular flexibility index (Phi) is 2.60. The second-order valence-electron chi connectivity index (χ2n) is 6.69. The summed E-state index contributed by atoms with van der Waals surface area (Å²) in [6.45, 7) is 10.7. The maximum Gasteiger partial charge on any atom is 0.303 e. The van der Waals surface area contributed by atoms with E-state index in [0.29, 0.717) is 11.3 Å². The summed E-state index contributed by atoms with van der Waals surface area (Å²) in [7, 11) is 0. The SMILES string of the molecule is CC(=O)OC1(C2C(CC(C)C)C2(C)C)CC1. The maximum atomic E-state index is 11.1. The Labute approximate surface area is 98.7 Å². The van der Waals surface area contributed by atoms with Crippen molar-refractivity contribution in [2.24, 2.45) is 23.2 Å². The first-order valence-electron chi connectivity index (χ1n) is 6.49. The predicted molar refractivity (Wildman–Crippen MR) is 63.9 cm³/mol. The molecule has 2 nitrogen and oxygen atoms in total. The third-order valence-corrected chi connectivity index (χ3v) is 4.43. The van der Waals surface area contributed by atoms with Crippen molar-refractivity contribution in [1.82, 2.24) is 0 Å². The zero-order valence-corrected chi connectivity index (χ0v) is 11.2. The Hall–Kier alpha value is -0.530. The summed E-state index contributed by atoms with van der Waals surface area (Å²) in [5.74, 6) is 1.98. The van der Waals surface area contributed by atoms with Gasteiger partial charge in [0.25, 0.3) is 0 Å². The van der Waals surface area contributed by atoms with E-state index in [1.165, 1.54) is 13.3 Å². The summed E-state index contributed by atoms with van der Waals surface area (Å²) in [6.07, 6.45) is 3.42. The minimum Gasteiger partial charge on any atom is -0.459 e. The second kappa shape index (κ2) is 3.48. The molecular weight excluding hydrogens is 200 g/mol. The highest BCUT2D eigenvalue weighted by molar-refractivity contribution is 5.67. The van der Waals surface area contributed by atoms with Crippen molar-refractivity contribution in [2.75, 3.05) is 0 Å². The molecule has 0 amide bonds. The summed E-state index contributed by atoms with van der Waals surface area (Å²) in [5.41, 5.74) is 0.297. The average Bonchev–Trinajstić information content (AvgIpc) is 2.91. The van der Waals surface area contributed by atoms with Gasteiger partial charge in [-0.2, -0.15) is 0 Å². The van der Waals surface area contributed by atoms with Gasteiger partial charge < -0.3 is 4.74 Å². The van der Waals surface area contributed by atoms with E-state index in [4.69, 9.17) is 4.74 Å². The van der Waals surface area contributed by atoms with Crippen LogP contribution >= 0.6 is 0 Å². The van der Waals surface area contributed by atoms with E-state index >= 15 is 0 Å². The van der Waals surface area contributed by atoms with E-state index in [0.717, 1.165) is 24.7 Å². The van der Waals surface area contributed by atoms with Crippen LogP contribution in [-0.2, 0) is 9.53 Å². The maximum absolute atomic E-state index is 11.1. The molecule has 0 saturated heterocycles. The third kappa shape index (κ3) is 1.87. The monoisotopic (exact) mass is 224 g/mol. The Morgan fingerprint density at radius 3 is 2.31 bits per heavy atom. The third-order valence-electron chi connectivity index (χ3n) is 4.43. The van der Waals surface area contributed by atoms with E-state index in [-0.39, 0.29) is 11.6 Å². The molecular formula is C14H24O2. The summed E-state index contributed by atoms with van der Waals surface area (Å²) >= 11 is 0. The molecule has 0 heterocycles. The molecule has 0 radical (unpaired) electrons. The van der Waals surface area contributed by atoms with Gasteiger partial charge in [-0.25, -0.2) is 0 Å². The molecule has 2 fully saturated rings. The highest BCUT2D eigenvalue weighted by atomic mass is 16.6. The fourth-order valence-electron chi connectivity index (χ4n) is 3.62. The van der Waals surface area contributed by atoms with Crippen molar-refractivity contribution in [1.29, 1.82) is 0 Å². The fourth-order valence-corrected chi connectivity index (χ4v) is 3.62. The molecule has 0 N–H and O–H groups in total. The molecule has 0 aromatic carbocycles. The fraction of sp³-hybridized carbons (Fsp3) is 0.929. The topological polar surface area (TPSA) is 26.3 Å². The van der Waals surface area contributed by atoms with E-state index in [2.05, 4.69) is 27.7 Å². The standard InChI is InChI=1S/C14H24O2/c1-9(2)8-11-12(13(11,4)5)14(6-7-14)16-10(3)15/h9,11-12H,6-8H2,1-5H3. The van der Waals surface area contributed by atoms with E-state index in [1.54, 1.807) is 0 Å². The van der Waals surface area contributed by atoms with Crippen molar-refractivity contribution in [2.45, 2.75) is 59.5 Å². The van der Waals surface area contributed by atoms with Gasteiger partial charge in [0.2, 0.25) is 0 Å². The van der Waals surface area contributed by atoms with E-state index < -0.39 is 0 Å². The minimum atomic E-state index is -0.108. The molecule has 2 aliphatic rings. The lowest BCUT2D eigenvalue weighted by atomic mass is 10.0. The van der Waals surface area contributed by atoms with Gasteiger partial charge in [-0.05, 0) is 36.5 Å². The molecule has 0 aromatic heterocycles. The van der Waals surface area contributed by atoms with Gasteiger partial charge in [-0.1, -0.05) is 27.7 Å². The van der Waals surface area contributed by atoms with E-state index in [1.807, 2.05) is 0 Å². The first kappa shape index (κ1) is 11.9. The van der Waals surface area contributed by atoms with Gasteiger partial charge in [0.05, 0.1) is 0 Å². The smallest absolute Gasteiger partial charge is 0.303 e. The van der Waals surface area contributed by atoms with Crippen LogP contribution in [0.25, 0.3) is 0 Å². The highest BCUT2D eigenvalue weighted by Gasteiger charge is 2.71. The van der Waals surface area contributed by atoms with Crippen LogP contribution in [0.15, 0.2) is 0 Å². The van der Waals surface area contributed by atoms with Crippen LogP contribution in [0.2, 0.25) is 0 Å². The van der Waals surface area contributed by atoms with Crippen molar-refractivity contribution in [3.63, 3.8) is 0 Å². The number of hydrogen-bond donors (Lipinski definition) is 0. The van der Waals surface area contributed by atoms with Crippen LogP contribution in [0.5, 0.6) is 0 Å². The molecule has 0 aliphatic heterocycles. The van der Waals surface area contributed by atoms with Crippen LogP contribution in [0.1, 0.15) is 53.9 Å². The largest absolute Gasteiger partial charge is 0.459 e. The van der Waals surface area contributed by atoms with Gasteiger partial charge in [-0.15, -0.1) is 0 Å². The number of carbonyl (C=O) groups is 1. The molecule has 2 unspecified atom stereocenters. The van der Waals surface area contributed by atoms with Crippen LogP contribution in [-0.4, -0.2) is 11.6 Å². The lowest BCUT2D eigenvalue weighted by molar-refractivity contribution is -0.150. The molecule has 2 heteroatoms. The van der Waals surface area contributed by atoms with Crippen molar-refractivity contribution in [3.05, 3.63) is 0 Å². The molecule has 2 rings (SSSR count). The van der Waals surface area contributed by atoms with E-state index in [9.17, 15) is 4.79 Å². The van der Waals surface area contributed by atoms with Gasteiger partial charge >= 0.3 is 5.97 Å². The molecule has 2 aliphatic carbocycles. The summed E-state index contributed by atoms with van der Waals surface area (Å²) in [4.78, 5) is 11.1. The van der Waals surface area contributed by atoms with Gasteiger partial charge in [0.1, 0.15) is 5.60 Å². The second-order valence-corrected chi connectivity index (χ2v) is 6.69. The zero-order chi connectivity index (χ0) is 12.1. The number of hydrogen-bond acceptors (Lipinski definition) is 2. The molecule has 0 spiro atoms. The highest BCUT2D eigenvalue weighted by Crippen LogP contribution is 2.71. The zero-order valence-electron chi connectivity index (χ0n) is 11.2. The van der Waals surface area contributed by atoms with Crippen molar-refractivity contribution < 1.29 is 9.53 Å². The first-order valence-corrected chi connectivity index (χ1v) is 6.49. The van der Waals surface area contributed by atoms with Crippen LogP contribution in [0.3, 0.4) is 0 Å². The Bertz CT molecular complexity index is 300.